The van der Waals surface area contributed by atoms with Crippen molar-refractivity contribution in [3.8, 4) is 5.75 Å². The van der Waals surface area contributed by atoms with Crippen molar-refractivity contribution in [2.45, 2.75) is 18.7 Å². The third-order valence-corrected chi connectivity index (χ3v) is 4.99. The first-order valence-corrected chi connectivity index (χ1v) is 8.76. The predicted octanol–water partition coefficient (Wildman–Crippen LogP) is 2.99. The number of hydrogen-bond acceptors (Lipinski definition) is 6. The molecule has 2 aromatic carbocycles. The lowest BCUT2D eigenvalue weighted by atomic mass is 10.1. The van der Waals surface area contributed by atoms with Crippen LogP contribution in [0.2, 0.25) is 0 Å². The number of benzene rings is 2. The highest BCUT2D eigenvalue weighted by atomic mass is 32.2. The van der Waals surface area contributed by atoms with Crippen LogP contribution in [0.5, 0.6) is 5.75 Å². The first-order chi connectivity index (χ1) is 11.8. The van der Waals surface area contributed by atoms with Crippen molar-refractivity contribution in [2.24, 2.45) is 0 Å². The smallest absolute Gasteiger partial charge is 0.339 e. The fourth-order valence-electron chi connectivity index (χ4n) is 2.44. The van der Waals surface area contributed by atoms with Crippen molar-refractivity contribution >= 4 is 27.4 Å². The van der Waals surface area contributed by atoms with E-state index in [0.717, 1.165) is 5.56 Å². The number of aryl methyl sites for hydroxylation is 2. The molecule has 3 aromatic rings. The van der Waals surface area contributed by atoms with E-state index in [0.29, 0.717) is 17.2 Å². The third-order valence-electron chi connectivity index (χ3n) is 3.74. The van der Waals surface area contributed by atoms with Crippen LogP contribution in [0.15, 0.2) is 56.6 Å². The molecule has 0 saturated carbocycles. The summed E-state index contributed by atoms with van der Waals surface area (Å²) in [5, 5.41) is 0.529. The highest BCUT2D eigenvalue weighted by molar-refractivity contribution is 7.87. The summed E-state index contributed by atoms with van der Waals surface area (Å²) >= 11 is 0. The number of hydrogen-bond donors (Lipinski definition) is 0. The van der Waals surface area contributed by atoms with Crippen LogP contribution in [-0.4, -0.2) is 14.7 Å². The van der Waals surface area contributed by atoms with Crippen LogP contribution in [0.1, 0.15) is 21.5 Å². The van der Waals surface area contributed by atoms with Gasteiger partial charge in [0.2, 0.25) is 0 Å². The monoisotopic (exact) mass is 358 g/mol. The molecule has 0 fully saturated rings. The summed E-state index contributed by atoms with van der Waals surface area (Å²) in [5.41, 5.74) is 0.745. The van der Waals surface area contributed by atoms with Crippen LogP contribution >= 0.6 is 0 Å². The first kappa shape index (κ1) is 16.9. The lowest BCUT2D eigenvalue weighted by Crippen LogP contribution is -2.11. The van der Waals surface area contributed by atoms with Gasteiger partial charge in [-0.05, 0) is 43.7 Å². The van der Waals surface area contributed by atoms with Gasteiger partial charge in [0.1, 0.15) is 10.5 Å². The lowest BCUT2D eigenvalue weighted by molar-refractivity contribution is 0.112. The van der Waals surface area contributed by atoms with Gasteiger partial charge in [-0.2, -0.15) is 8.42 Å². The van der Waals surface area contributed by atoms with E-state index in [4.69, 9.17) is 8.60 Å². The summed E-state index contributed by atoms with van der Waals surface area (Å²) < 4.78 is 35.0. The summed E-state index contributed by atoms with van der Waals surface area (Å²) in [7, 11) is -4.13. The highest BCUT2D eigenvalue weighted by Gasteiger charge is 2.21. The van der Waals surface area contributed by atoms with Gasteiger partial charge in [-0.3, -0.25) is 4.79 Å². The van der Waals surface area contributed by atoms with Crippen LogP contribution in [0, 0.1) is 13.8 Å². The van der Waals surface area contributed by atoms with Crippen molar-refractivity contribution in [3.05, 3.63) is 69.6 Å². The van der Waals surface area contributed by atoms with Gasteiger partial charge in [0.25, 0.3) is 0 Å². The lowest BCUT2D eigenvalue weighted by Gasteiger charge is -2.11. The molecule has 7 heteroatoms. The Morgan fingerprint density at radius 1 is 1.04 bits per heavy atom. The Morgan fingerprint density at radius 3 is 2.36 bits per heavy atom. The second-order valence-electron chi connectivity index (χ2n) is 5.57. The van der Waals surface area contributed by atoms with Gasteiger partial charge < -0.3 is 8.60 Å². The molecule has 0 radical (unpaired) electrons. The fourth-order valence-corrected chi connectivity index (χ4v) is 3.39. The summed E-state index contributed by atoms with van der Waals surface area (Å²) in [6, 6.07) is 10.3. The molecule has 0 bridgehead atoms. The average Bonchev–Trinajstić information content (AvgIpc) is 2.54. The van der Waals surface area contributed by atoms with Crippen LogP contribution in [-0.2, 0) is 10.1 Å². The molecule has 1 aromatic heterocycles. The molecule has 6 nitrogen and oxygen atoms in total. The van der Waals surface area contributed by atoms with E-state index in [1.807, 2.05) is 6.92 Å². The largest absolute Gasteiger partial charge is 0.422 e. The molecule has 0 atom stereocenters. The predicted molar refractivity (Wildman–Crippen MR) is 91.6 cm³/mol. The topological polar surface area (TPSA) is 90.7 Å². The van der Waals surface area contributed by atoms with Gasteiger partial charge >= 0.3 is 15.7 Å². The highest BCUT2D eigenvalue weighted by Crippen LogP contribution is 2.29. The van der Waals surface area contributed by atoms with E-state index >= 15 is 0 Å². The molecular weight excluding hydrogens is 344 g/mol. The van der Waals surface area contributed by atoms with Gasteiger partial charge in [-0.1, -0.05) is 17.7 Å². The molecule has 0 saturated heterocycles. The van der Waals surface area contributed by atoms with Crippen LogP contribution < -0.4 is 9.81 Å². The fraction of sp³-hybridized carbons (Fsp3) is 0.111. The Labute approximate surface area is 143 Å². The normalized spacial score (nSPS) is 11.4. The minimum absolute atomic E-state index is 0.00314. The zero-order chi connectivity index (χ0) is 18.2. The molecule has 0 aliphatic heterocycles. The second kappa shape index (κ2) is 6.18. The summed E-state index contributed by atoms with van der Waals surface area (Å²) in [4.78, 5) is 23.0. The van der Waals surface area contributed by atoms with Crippen LogP contribution in [0.4, 0.5) is 0 Å². The minimum atomic E-state index is -4.13. The SMILES string of the molecule is Cc1ccc(S(=O)(=O)Oc2ccc3c(C)cc(=O)oc3c2C=O)cc1. The molecule has 128 valence electrons. The number of fused-ring (bicyclic) bond motifs is 1. The van der Waals surface area contributed by atoms with Gasteiger partial charge in [-0.25, -0.2) is 4.79 Å². The third kappa shape index (κ3) is 3.18. The molecule has 0 N–H and O–H groups in total. The molecule has 0 amide bonds. The summed E-state index contributed by atoms with van der Waals surface area (Å²) in [5.74, 6) is -0.197. The van der Waals surface area contributed by atoms with E-state index in [1.165, 1.54) is 24.3 Å². The van der Waals surface area contributed by atoms with Crippen molar-refractivity contribution in [1.82, 2.24) is 0 Å². The van der Waals surface area contributed by atoms with Gasteiger partial charge in [0.15, 0.2) is 17.6 Å². The summed E-state index contributed by atoms with van der Waals surface area (Å²) in [6.07, 6.45) is 0.407. The van der Waals surface area contributed by atoms with Crippen molar-refractivity contribution in [3.63, 3.8) is 0 Å². The van der Waals surface area contributed by atoms with Gasteiger partial charge in [0.05, 0.1) is 0 Å². The number of aldehydes is 1. The molecule has 0 aliphatic carbocycles. The zero-order valence-corrected chi connectivity index (χ0v) is 14.3. The Balaban J connectivity index is 2.14. The maximum Gasteiger partial charge on any atom is 0.339 e. The standard InChI is InChI=1S/C18H14O6S/c1-11-3-5-13(6-4-11)25(21,22)24-16-8-7-14-12(2)9-17(20)23-18(14)15(16)10-19/h3-10H,1-2H3. The Kier molecular flexibility index (Phi) is 4.18. The quantitative estimate of drug-likeness (QED) is 0.404. The van der Waals surface area contributed by atoms with Crippen molar-refractivity contribution in [2.75, 3.05) is 0 Å². The van der Waals surface area contributed by atoms with Crippen LogP contribution in [0.3, 0.4) is 0 Å². The van der Waals surface area contributed by atoms with Crippen molar-refractivity contribution in [1.29, 1.82) is 0 Å². The van der Waals surface area contributed by atoms with E-state index in [1.54, 1.807) is 25.1 Å². The number of carbonyl (C=O) groups excluding carboxylic acids is 1. The molecular formula is C18H14O6S. The minimum Gasteiger partial charge on any atom is -0.422 e. The van der Waals surface area contributed by atoms with Crippen LogP contribution in [0.25, 0.3) is 11.0 Å². The second-order valence-corrected chi connectivity index (χ2v) is 7.12. The van der Waals surface area contributed by atoms with Gasteiger partial charge in [-0.15, -0.1) is 0 Å². The Hall–Kier alpha value is -2.93. The molecule has 3 rings (SSSR count). The molecule has 0 aliphatic rings. The molecule has 25 heavy (non-hydrogen) atoms. The van der Waals surface area contributed by atoms with Crippen molar-refractivity contribution < 1.29 is 21.8 Å². The molecule has 0 spiro atoms. The zero-order valence-electron chi connectivity index (χ0n) is 13.5. The maximum absolute atomic E-state index is 12.4. The summed E-state index contributed by atoms with van der Waals surface area (Å²) in [6.45, 7) is 3.52. The van der Waals surface area contributed by atoms with E-state index in [2.05, 4.69) is 0 Å². The van der Waals surface area contributed by atoms with E-state index in [-0.39, 0.29) is 21.8 Å². The first-order valence-electron chi connectivity index (χ1n) is 7.35. The van der Waals surface area contributed by atoms with E-state index in [9.17, 15) is 18.0 Å². The van der Waals surface area contributed by atoms with Gasteiger partial charge in [0, 0.05) is 11.5 Å². The number of carbonyl (C=O) groups is 1. The molecule has 0 unspecified atom stereocenters. The number of rotatable bonds is 4. The van der Waals surface area contributed by atoms with E-state index < -0.39 is 15.7 Å². The Bertz CT molecular complexity index is 1120. The maximum atomic E-state index is 12.4. The Morgan fingerprint density at radius 2 is 1.72 bits per heavy atom. The molecule has 1 heterocycles. The average molecular weight is 358 g/mol.